The third-order valence-corrected chi connectivity index (χ3v) is 4.70. The van der Waals surface area contributed by atoms with Crippen molar-refractivity contribution in [3.05, 3.63) is 65.7 Å². The molecule has 2 amide bonds. The van der Waals surface area contributed by atoms with Gasteiger partial charge in [0.05, 0.1) is 0 Å². The highest BCUT2D eigenvalue weighted by Crippen LogP contribution is 2.41. The van der Waals surface area contributed by atoms with E-state index >= 15 is 0 Å². The molecule has 1 spiro atoms. The van der Waals surface area contributed by atoms with E-state index in [1.807, 2.05) is 42.5 Å². The van der Waals surface area contributed by atoms with Gasteiger partial charge in [-0.1, -0.05) is 36.4 Å². The Morgan fingerprint density at radius 2 is 1.77 bits per heavy atom. The average molecular weight is 292 g/mol. The summed E-state index contributed by atoms with van der Waals surface area (Å²) in [7, 11) is 0. The van der Waals surface area contributed by atoms with Crippen molar-refractivity contribution in [2.24, 2.45) is 0 Å². The zero-order valence-corrected chi connectivity index (χ0v) is 12.1. The Morgan fingerprint density at radius 1 is 1.05 bits per heavy atom. The molecule has 2 aromatic carbocycles. The number of rotatable bonds is 1. The van der Waals surface area contributed by atoms with Gasteiger partial charge in [-0.2, -0.15) is 0 Å². The molecule has 110 valence electrons. The van der Waals surface area contributed by atoms with Gasteiger partial charge in [-0.05, 0) is 30.2 Å². The van der Waals surface area contributed by atoms with E-state index in [1.54, 1.807) is 17.0 Å². The number of carbonyl (C=O) groups excluding carboxylic acids is 2. The Bertz CT molecular complexity index is 757. The van der Waals surface area contributed by atoms with Crippen LogP contribution < -0.4 is 5.32 Å². The molecule has 0 aliphatic carbocycles. The smallest absolute Gasteiger partial charge is 0.254 e. The molecule has 0 radical (unpaired) electrons. The molecule has 1 atom stereocenters. The number of nitrogens with zero attached hydrogens (tertiary/aromatic N) is 1. The van der Waals surface area contributed by atoms with E-state index in [4.69, 9.17) is 0 Å². The minimum Gasteiger partial charge on any atom is -0.324 e. The summed E-state index contributed by atoms with van der Waals surface area (Å²) in [6.07, 6.45) is 1.30. The lowest BCUT2D eigenvalue weighted by Gasteiger charge is -2.53. The zero-order valence-electron chi connectivity index (χ0n) is 12.1. The van der Waals surface area contributed by atoms with Gasteiger partial charge in [-0.15, -0.1) is 0 Å². The van der Waals surface area contributed by atoms with Crippen molar-refractivity contribution in [2.45, 2.75) is 18.4 Å². The summed E-state index contributed by atoms with van der Waals surface area (Å²) in [5.41, 5.74) is 1.86. The summed E-state index contributed by atoms with van der Waals surface area (Å²) in [5, 5.41) is 2.96. The molecule has 0 bridgehead atoms. The average Bonchev–Trinajstić information content (AvgIpc) is 2.54. The van der Waals surface area contributed by atoms with Crippen LogP contribution >= 0.6 is 0 Å². The first-order chi connectivity index (χ1) is 10.7. The lowest BCUT2D eigenvalue weighted by Crippen LogP contribution is -2.70. The molecular weight excluding hydrogens is 276 g/mol. The van der Waals surface area contributed by atoms with Gasteiger partial charge in [0.15, 0.2) is 0 Å². The molecule has 0 saturated carbocycles. The van der Waals surface area contributed by atoms with Crippen LogP contribution in [0.4, 0.5) is 5.69 Å². The van der Waals surface area contributed by atoms with E-state index in [-0.39, 0.29) is 11.8 Å². The van der Waals surface area contributed by atoms with Crippen LogP contribution in [-0.4, -0.2) is 28.8 Å². The molecule has 4 nitrogen and oxygen atoms in total. The second-order valence-corrected chi connectivity index (χ2v) is 5.89. The van der Waals surface area contributed by atoms with Crippen LogP contribution in [0.15, 0.2) is 54.6 Å². The number of hydrogen-bond donors (Lipinski definition) is 1. The maximum absolute atomic E-state index is 12.7. The van der Waals surface area contributed by atoms with Crippen molar-refractivity contribution in [2.75, 3.05) is 11.9 Å². The van der Waals surface area contributed by atoms with E-state index in [0.29, 0.717) is 24.9 Å². The topological polar surface area (TPSA) is 49.4 Å². The highest BCUT2D eigenvalue weighted by molar-refractivity contribution is 6.07. The van der Waals surface area contributed by atoms with Crippen LogP contribution in [0.3, 0.4) is 0 Å². The van der Waals surface area contributed by atoms with Crippen molar-refractivity contribution in [3.8, 4) is 0 Å². The Labute approximate surface area is 128 Å². The molecule has 22 heavy (non-hydrogen) atoms. The number of amides is 2. The molecule has 1 saturated heterocycles. The third-order valence-electron chi connectivity index (χ3n) is 4.70. The molecule has 1 unspecified atom stereocenters. The number of likely N-dealkylation sites (tertiary alicyclic amines) is 1. The van der Waals surface area contributed by atoms with Crippen molar-refractivity contribution in [3.63, 3.8) is 0 Å². The Morgan fingerprint density at radius 3 is 2.50 bits per heavy atom. The van der Waals surface area contributed by atoms with Crippen LogP contribution in [0.1, 0.15) is 22.3 Å². The predicted octanol–water partition coefficient (Wildman–Crippen LogP) is 2.47. The summed E-state index contributed by atoms with van der Waals surface area (Å²) in [4.78, 5) is 27.0. The fourth-order valence-corrected chi connectivity index (χ4v) is 3.38. The van der Waals surface area contributed by atoms with E-state index in [9.17, 15) is 9.59 Å². The lowest BCUT2D eigenvalue weighted by atomic mass is 9.75. The van der Waals surface area contributed by atoms with Gasteiger partial charge < -0.3 is 10.2 Å². The van der Waals surface area contributed by atoms with Gasteiger partial charge in [0.1, 0.15) is 5.54 Å². The quantitative estimate of drug-likeness (QED) is 0.878. The standard InChI is InChI=1S/C18H16N2O2/c21-16(13-6-2-1-3-7-13)20-11-10-18(20)12-14-8-4-5-9-15(14)19-17(18)22/h1-9H,10-12H2,(H,19,22). The van der Waals surface area contributed by atoms with Gasteiger partial charge in [0.25, 0.3) is 11.8 Å². The Balaban J connectivity index is 1.68. The van der Waals surface area contributed by atoms with Crippen molar-refractivity contribution >= 4 is 17.5 Å². The number of carbonyl (C=O) groups is 2. The first-order valence-corrected chi connectivity index (χ1v) is 7.47. The number of benzene rings is 2. The molecule has 1 N–H and O–H groups in total. The Kier molecular flexibility index (Phi) is 2.79. The number of hydrogen-bond acceptors (Lipinski definition) is 2. The zero-order chi connectivity index (χ0) is 15.2. The second kappa shape index (κ2) is 4.70. The number of para-hydroxylation sites is 1. The van der Waals surface area contributed by atoms with E-state index in [2.05, 4.69) is 5.32 Å². The number of fused-ring (bicyclic) bond motifs is 1. The van der Waals surface area contributed by atoms with Crippen LogP contribution in [-0.2, 0) is 11.2 Å². The third kappa shape index (κ3) is 1.77. The van der Waals surface area contributed by atoms with Gasteiger partial charge in [0, 0.05) is 24.2 Å². The molecule has 2 aliphatic heterocycles. The minimum atomic E-state index is -0.721. The maximum atomic E-state index is 12.7. The number of anilines is 1. The molecule has 4 heteroatoms. The molecule has 0 aromatic heterocycles. The number of nitrogens with one attached hydrogen (secondary N) is 1. The van der Waals surface area contributed by atoms with Crippen LogP contribution in [0.2, 0.25) is 0 Å². The second-order valence-electron chi connectivity index (χ2n) is 5.89. The first kappa shape index (κ1) is 13.1. The fourth-order valence-electron chi connectivity index (χ4n) is 3.38. The highest BCUT2D eigenvalue weighted by atomic mass is 16.2. The lowest BCUT2D eigenvalue weighted by molar-refractivity contribution is -0.134. The summed E-state index contributed by atoms with van der Waals surface area (Å²) in [6.45, 7) is 0.628. The minimum absolute atomic E-state index is 0.0678. The van der Waals surface area contributed by atoms with Crippen molar-refractivity contribution in [1.82, 2.24) is 4.90 Å². The molecule has 2 aromatic rings. The molecule has 4 rings (SSSR count). The normalized spacial score (nSPS) is 22.7. The van der Waals surface area contributed by atoms with Crippen LogP contribution in [0.5, 0.6) is 0 Å². The Hall–Kier alpha value is -2.62. The summed E-state index contributed by atoms with van der Waals surface area (Å²) in [6, 6.07) is 16.9. The molecular formula is C18H16N2O2. The monoisotopic (exact) mass is 292 g/mol. The van der Waals surface area contributed by atoms with Gasteiger partial charge in [-0.25, -0.2) is 0 Å². The summed E-state index contributed by atoms with van der Waals surface area (Å²) in [5.74, 6) is -0.136. The first-order valence-electron chi connectivity index (χ1n) is 7.47. The fraction of sp³-hybridized carbons (Fsp3) is 0.222. The van der Waals surface area contributed by atoms with Gasteiger partial charge in [0.2, 0.25) is 0 Å². The molecule has 2 heterocycles. The van der Waals surface area contributed by atoms with E-state index < -0.39 is 5.54 Å². The van der Waals surface area contributed by atoms with Crippen LogP contribution in [0, 0.1) is 0 Å². The van der Waals surface area contributed by atoms with Crippen molar-refractivity contribution in [1.29, 1.82) is 0 Å². The SMILES string of the molecule is O=C(c1ccccc1)N1CCC12Cc1ccccc1NC2=O. The predicted molar refractivity (Wildman–Crippen MR) is 83.6 cm³/mol. The molecule has 1 fully saturated rings. The van der Waals surface area contributed by atoms with Crippen LogP contribution in [0.25, 0.3) is 0 Å². The molecule has 2 aliphatic rings. The van der Waals surface area contributed by atoms with Gasteiger partial charge in [-0.3, -0.25) is 9.59 Å². The van der Waals surface area contributed by atoms with Gasteiger partial charge >= 0.3 is 0 Å². The van der Waals surface area contributed by atoms with Crippen molar-refractivity contribution < 1.29 is 9.59 Å². The largest absolute Gasteiger partial charge is 0.324 e. The maximum Gasteiger partial charge on any atom is 0.254 e. The van der Waals surface area contributed by atoms with E-state index in [0.717, 1.165) is 11.3 Å². The highest BCUT2D eigenvalue weighted by Gasteiger charge is 2.55. The summed E-state index contributed by atoms with van der Waals surface area (Å²) < 4.78 is 0. The van der Waals surface area contributed by atoms with E-state index in [1.165, 1.54) is 0 Å². The summed E-state index contributed by atoms with van der Waals surface area (Å²) >= 11 is 0.